The van der Waals surface area contributed by atoms with Crippen LogP contribution in [0.2, 0.25) is 0 Å². The third-order valence-electron chi connectivity index (χ3n) is 5.34. The van der Waals surface area contributed by atoms with E-state index in [1.165, 1.54) is 5.56 Å². The molecule has 164 valence electrons. The van der Waals surface area contributed by atoms with Crippen LogP contribution in [-0.2, 0) is 22.6 Å². The summed E-state index contributed by atoms with van der Waals surface area (Å²) in [5.74, 6) is 0.849. The van der Waals surface area contributed by atoms with Gasteiger partial charge in [-0.15, -0.1) is 0 Å². The smallest absolute Gasteiger partial charge is 0.268 e. The number of anilines is 2. The number of hydrogen-bond acceptors (Lipinski definition) is 4. The van der Waals surface area contributed by atoms with Crippen LogP contribution in [0.1, 0.15) is 25.0 Å². The summed E-state index contributed by atoms with van der Waals surface area (Å²) >= 11 is 0. The second-order valence-electron chi connectivity index (χ2n) is 7.69. The van der Waals surface area contributed by atoms with Crippen LogP contribution in [0.4, 0.5) is 11.4 Å². The molecular weight excluding hydrogens is 404 g/mol. The zero-order chi connectivity index (χ0) is 22.5. The van der Waals surface area contributed by atoms with Gasteiger partial charge >= 0.3 is 0 Å². The number of aryl methyl sites for hydroxylation is 1. The van der Waals surface area contributed by atoms with Crippen molar-refractivity contribution < 1.29 is 19.1 Å². The van der Waals surface area contributed by atoms with E-state index in [4.69, 9.17) is 9.47 Å². The predicted octanol–water partition coefficient (Wildman–Crippen LogP) is 4.58. The Balaban J connectivity index is 1.46. The number of ether oxygens (including phenoxy) is 2. The lowest BCUT2D eigenvalue weighted by molar-refractivity contribution is -0.125. The average Bonchev–Trinajstić information content (AvgIpc) is 2.82. The van der Waals surface area contributed by atoms with E-state index >= 15 is 0 Å². The number of nitrogens with one attached hydrogen (secondary N) is 1. The highest BCUT2D eigenvalue weighted by Crippen LogP contribution is 2.37. The standard InChI is InChI=1S/C26H26N2O4/c1-3-19-9-12-22(13-10-19)31-17-25(29)27-21-11-14-24-23(15-21)28(26(30)18(2)32-24)16-20-7-5-4-6-8-20/h4-15,18H,3,16-17H2,1-2H3,(H,27,29). The van der Waals surface area contributed by atoms with Crippen LogP contribution >= 0.6 is 0 Å². The molecule has 0 aliphatic carbocycles. The summed E-state index contributed by atoms with van der Waals surface area (Å²) in [7, 11) is 0. The minimum Gasteiger partial charge on any atom is -0.484 e. The number of rotatable bonds is 7. The van der Waals surface area contributed by atoms with Crippen molar-refractivity contribution >= 4 is 23.2 Å². The van der Waals surface area contributed by atoms with E-state index in [2.05, 4.69) is 12.2 Å². The van der Waals surface area contributed by atoms with Gasteiger partial charge in [0.1, 0.15) is 11.5 Å². The maximum absolute atomic E-state index is 12.8. The second-order valence-corrected chi connectivity index (χ2v) is 7.69. The van der Waals surface area contributed by atoms with Crippen LogP contribution in [0.15, 0.2) is 72.8 Å². The lowest BCUT2D eigenvalue weighted by Gasteiger charge is -2.33. The summed E-state index contributed by atoms with van der Waals surface area (Å²) < 4.78 is 11.3. The fourth-order valence-corrected chi connectivity index (χ4v) is 3.58. The first-order chi connectivity index (χ1) is 15.5. The molecule has 32 heavy (non-hydrogen) atoms. The van der Waals surface area contributed by atoms with Gasteiger partial charge in [0.25, 0.3) is 11.8 Å². The van der Waals surface area contributed by atoms with Crippen LogP contribution in [0.25, 0.3) is 0 Å². The normalized spacial score (nSPS) is 15.0. The van der Waals surface area contributed by atoms with E-state index in [0.29, 0.717) is 29.4 Å². The van der Waals surface area contributed by atoms with Crippen molar-refractivity contribution in [3.63, 3.8) is 0 Å². The molecule has 0 aromatic heterocycles. The summed E-state index contributed by atoms with van der Waals surface area (Å²) in [6.45, 7) is 4.14. The summed E-state index contributed by atoms with van der Waals surface area (Å²) in [5.41, 5.74) is 3.42. The highest BCUT2D eigenvalue weighted by Gasteiger charge is 2.31. The van der Waals surface area contributed by atoms with Gasteiger partial charge in [-0.3, -0.25) is 9.59 Å². The van der Waals surface area contributed by atoms with Crippen LogP contribution in [0.3, 0.4) is 0 Å². The second kappa shape index (κ2) is 9.56. The van der Waals surface area contributed by atoms with Crippen LogP contribution in [0.5, 0.6) is 11.5 Å². The Labute approximate surface area is 187 Å². The van der Waals surface area contributed by atoms with Crippen molar-refractivity contribution in [2.75, 3.05) is 16.8 Å². The Kier molecular flexibility index (Phi) is 6.40. The third-order valence-corrected chi connectivity index (χ3v) is 5.34. The van der Waals surface area contributed by atoms with E-state index in [0.717, 1.165) is 12.0 Å². The van der Waals surface area contributed by atoms with Crippen molar-refractivity contribution in [1.29, 1.82) is 0 Å². The van der Waals surface area contributed by atoms with Gasteiger partial charge in [-0.2, -0.15) is 0 Å². The summed E-state index contributed by atoms with van der Waals surface area (Å²) in [6.07, 6.45) is 0.380. The highest BCUT2D eigenvalue weighted by atomic mass is 16.5. The molecule has 0 bridgehead atoms. The topological polar surface area (TPSA) is 67.9 Å². The number of hydrogen-bond donors (Lipinski definition) is 1. The fraction of sp³-hybridized carbons (Fsp3) is 0.231. The van der Waals surface area contributed by atoms with E-state index in [1.54, 1.807) is 30.0 Å². The summed E-state index contributed by atoms with van der Waals surface area (Å²) in [6, 6.07) is 22.7. The average molecular weight is 431 g/mol. The first-order valence-electron chi connectivity index (χ1n) is 10.7. The van der Waals surface area contributed by atoms with E-state index in [1.807, 2.05) is 54.6 Å². The van der Waals surface area contributed by atoms with E-state index in [9.17, 15) is 9.59 Å². The molecule has 0 radical (unpaired) electrons. The largest absolute Gasteiger partial charge is 0.484 e. The van der Waals surface area contributed by atoms with Crippen molar-refractivity contribution in [3.05, 3.63) is 83.9 Å². The van der Waals surface area contributed by atoms with Crippen LogP contribution < -0.4 is 19.7 Å². The first-order valence-corrected chi connectivity index (χ1v) is 10.7. The molecule has 0 fully saturated rings. The monoisotopic (exact) mass is 430 g/mol. The third kappa shape index (κ3) is 4.91. The van der Waals surface area contributed by atoms with E-state index < -0.39 is 6.10 Å². The Hall–Kier alpha value is -3.80. The minimum atomic E-state index is -0.570. The number of carbonyl (C=O) groups is 2. The highest BCUT2D eigenvalue weighted by molar-refractivity contribution is 6.01. The Morgan fingerprint density at radius 3 is 2.50 bits per heavy atom. The summed E-state index contributed by atoms with van der Waals surface area (Å²) in [4.78, 5) is 26.9. The van der Waals surface area contributed by atoms with Crippen molar-refractivity contribution in [3.8, 4) is 11.5 Å². The van der Waals surface area contributed by atoms with Gasteiger partial charge in [-0.25, -0.2) is 0 Å². The predicted molar refractivity (Wildman–Crippen MR) is 124 cm³/mol. The maximum atomic E-state index is 12.8. The van der Waals surface area contributed by atoms with Gasteiger partial charge in [0, 0.05) is 5.69 Å². The molecule has 0 saturated heterocycles. The van der Waals surface area contributed by atoms with Crippen LogP contribution in [0, 0.1) is 0 Å². The van der Waals surface area contributed by atoms with Crippen molar-refractivity contribution in [1.82, 2.24) is 0 Å². The fourth-order valence-electron chi connectivity index (χ4n) is 3.58. The number of benzene rings is 3. The number of fused-ring (bicyclic) bond motifs is 1. The van der Waals surface area contributed by atoms with Gasteiger partial charge in [0.05, 0.1) is 12.2 Å². The first kappa shape index (κ1) is 21.4. The molecule has 0 saturated carbocycles. The molecule has 3 aromatic rings. The lowest BCUT2D eigenvalue weighted by atomic mass is 10.1. The molecule has 3 aromatic carbocycles. The van der Waals surface area contributed by atoms with Crippen molar-refractivity contribution in [2.45, 2.75) is 32.9 Å². The SMILES string of the molecule is CCc1ccc(OCC(=O)Nc2ccc3c(c2)N(Cc2ccccc2)C(=O)C(C)O3)cc1. The number of carbonyl (C=O) groups excluding carboxylic acids is 2. The lowest BCUT2D eigenvalue weighted by Crippen LogP contribution is -2.44. The molecule has 1 aliphatic rings. The molecule has 1 heterocycles. The molecule has 2 amide bonds. The molecule has 6 heteroatoms. The zero-order valence-electron chi connectivity index (χ0n) is 18.2. The van der Waals surface area contributed by atoms with Gasteiger partial charge in [0.2, 0.25) is 0 Å². The quantitative estimate of drug-likeness (QED) is 0.596. The zero-order valence-corrected chi connectivity index (χ0v) is 18.2. The molecular formula is C26H26N2O4. The minimum absolute atomic E-state index is 0.108. The van der Waals surface area contributed by atoms with Gasteiger partial charge < -0.3 is 19.7 Å². The summed E-state index contributed by atoms with van der Waals surface area (Å²) in [5, 5.41) is 2.84. The van der Waals surface area contributed by atoms with Crippen LogP contribution in [-0.4, -0.2) is 24.5 Å². The molecule has 4 rings (SSSR count). The number of amides is 2. The Morgan fingerprint density at radius 1 is 1.03 bits per heavy atom. The Morgan fingerprint density at radius 2 is 1.78 bits per heavy atom. The van der Waals surface area contributed by atoms with Gasteiger partial charge in [-0.1, -0.05) is 49.4 Å². The van der Waals surface area contributed by atoms with Gasteiger partial charge in [0.15, 0.2) is 12.7 Å². The maximum Gasteiger partial charge on any atom is 0.268 e. The molecule has 1 unspecified atom stereocenters. The molecule has 0 spiro atoms. The molecule has 6 nitrogen and oxygen atoms in total. The van der Waals surface area contributed by atoms with E-state index in [-0.39, 0.29) is 18.4 Å². The van der Waals surface area contributed by atoms with Gasteiger partial charge in [-0.05, 0) is 54.8 Å². The molecule has 1 aliphatic heterocycles. The van der Waals surface area contributed by atoms with Crippen molar-refractivity contribution in [2.24, 2.45) is 0 Å². The Bertz CT molecular complexity index is 1100. The number of nitrogens with zero attached hydrogens (tertiary/aromatic N) is 1. The molecule has 1 atom stereocenters. The molecule has 1 N–H and O–H groups in total.